The van der Waals surface area contributed by atoms with Crippen molar-refractivity contribution in [2.45, 2.75) is 11.8 Å². The Morgan fingerprint density at radius 2 is 1.62 bits per heavy atom. The number of benzene rings is 3. The zero-order valence-corrected chi connectivity index (χ0v) is 19.7. The van der Waals surface area contributed by atoms with Gasteiger partial charge in [-0.2, -0.15) is 0 Å². The van der Waals surface area contributed by atoms with E-state index in [1.54, 1.807) is 42.5 Å². The van der Waals surface area contributed by atoms with Gasteiger partial charge in [0.2, 0.25) is 5.91 Å². The smallest absolute Gasteiger partial charge is 0.263 e. The van der Waals surface area contributed by atoms with Gasteiger partial charge in [0.15, 0.2) is 11.6 Å². The van der Waals surface area contributed by atoms with E-state index in [0.717, 1.165) is 0 Å². The molecule has 0 aliphatic rings. The molecule has 0 atom stereocenters. The monoisotopic (exact) mass is 497 g/mol. The highest BCUT2D eigenvalue weighted by Gasteiger charge is 2.19. The second-order valence-corrected chi connectivity index (χ2v) is 9.34. The molecule has 4 aromatic rings. The first kappa shape index (κ1) is 23.3. The molecule has 1 aromatic heterocycles. The molecule has 0 radical (unpaired) electrons. The third kappa shape index (κ3) is 5.36. The fourth-order valence-corrected chi connectivity index (χ4v) is 4.27. The number of fused-ring (bicyclic) bond motifs is 1. The van der Waals surface area contributed by atoms with Crippen molar-refractivity contribution in [2.24, 2.45) is 0 Å². The van der Waals surface area contributed by atoms with Gasteiger partial charge in [-0.15, -0.1) is 0 Å². The number of sulfonamides is 1. The second-order valence-electron chi connectivity index (χ2n) is 7.22. The van der Waals surface area contributed by atoms with Crippen LogP contribution in [0, 0.1) is 0 Å². The van der Waals surface area contributed by atoms with Gasteiger partial charge in [0.1, 0.15) is 5.75 Å². The molecule has 1 heterocycles. The van der Waals surface area contributed by atoms with Crippen LogP contribution < -0.4 is 20.1 Å². The Balaban J connectivity index is 1.77. The second kappa shape index (κ2) is 9.54. The number of rotatable bonds is 7. The number of nitrogens with one attached hydrogen (secondary N) is 3. The number of halogens is 1. The van der Waals surface area contributed by atoms with E-state index in [1.165, 1.54) is 38.3 Å². The molecular formula is C23H20ClN5O4S. The summed E-state index contributed by atoms with van der Waals surface area (Å²) in [6, 6.07) is 17.8. The summed E-state index contributed by atoms with van der Waals surface area (Å²) in [7, 11) is -2.45. The first-order valence-corrected chi connectivity index (χ1v) is 11.9. The van der Waals surface area contributed by atoms with Gasteiger partial charge in [0, 0.05) is 29.4 Å². The average molecular weight is 498 g/mol. The Bertz CT molecular complexity index is 1480. The van der Waals surface area contributed by atoms with Gasteiger partial charge in [-0.3, -0.25) is 9.52 Å². The molecule has 3 N–H and O–H groups in total. The lowest BCUT2D eigenvalue weighted by molar-refractivity contribution is -0.114. The maximum absolute atomic E-state index is 13.0. The van der Waals surface area contributed by atoms with Crippen molar-refractivity contribution in [3.8, 4) is 5.75 Å². The van der Waals surface area contributed by atoms with Crippen LogP contribution in [0.3, 0.4) is 0 Å². The fourth-order valence-electron chi connectivity index (χ4n) is 3.13. The summed E-state index contributed by atoms with van der Waals surface area (Å²) in [6.07, 6.45) is 0. The van der Waals surface area contributed by atoms with E-state index in [0.29, 0.717) is 33.2 Å². The predicted octanol–water partition coefficient (Wildman–Crippen LogP) is 4.79. The number of anilines is 4. The number of hydrogen-bond acceptors (Lipinski definition) is 7. The molecule has 174 valence electrons. The van der Waals surface area contributed by atoms with E-state index in [2.05, 4.69) is 25.3 Å². The topological polar surface area (TPSA) is 122 Å². The molecule has 4 rings (SSSR count). The number of aromatic nitrogens is 2. The number of hydrogen-bond donors (Lipinski definition) is 3. The lowest BCUT2D eigenvalue weighted by Gasteiger charge is -2.15. The minimum atomic E-state index is -3.98. The van der Waals surface area contributed by atoms with Crippen molar-refractivity contribution >= 4 is 61.6 Å². The van der Waals surface area contributed by atoms with Crippen LogP contribution in [0.5, 0.6) is 5.75 Å². The van der Waals surface area contributed by atoms with Crippen molar-refractivity contribution in [3.63, 3.8) is 0 Å². The van der Waals surface area contributed by atoms with Crippen molar-refractivity contribution in [2.75, 3.05) is 22.5 Å². The van der Waals surface area contributed by atoms with E-state index < -0.39 is 10.0 Å². The summed E-state index contributed by atoms with van der Waals surface area (Å²) in [5.74, 6) is 0.525. The molecule has 0 unspecified atom stereocenters. The van der Waals surface area contributed by atoms with Crippen LogP contribution in [0.4, 0.5) is 23.0 Å². The molecular weight excluding hydrogens is 478 g/mol. The standard InChI is InChI=1S/C23H20ClN5O4S/c1-14(30)25-16-4-3-5-17(12-16)26-22-23(27-20-11-8-18(33-2)13-21(20)28-22)29-34(31,32)19-9-6-15(24)7-10-19/h3-13H,1-2H3,(H,25,30)(H,26,28)(H,27,29). The van der Waals surface area contributed by atoms with Gasteiger partial charge in [-0.1, -0.05) is 17.7 Å². The maximum Gasteiger partial charge on any atom is 0.263 e. The van der Waals surface area contributed by atoms with Crippen LogP contribution in [0.2, 0.25) is 5.02 Å². The summed E-state index contributed by atoms with van der Waals surface area (Å²) >= 11 is 5.89. The summed E-state index contributed by atoms with van der Waals surface area (Å²) < 4.78 is 33.8. The Kier molecular flexibility index (Phi) is 6.53. The van der Waals surface area contributed by atoms with Crippen molar-refractivity contribution < 1.29 is 17.9 Å². The average Bonchev–Trinajstić information content (AvgIpc) is 2.79. The molecule has 0 saturated carbocycles. The van der Waals surface area contributed by atoms with Gasteiger partial charge >= 0.3 is 0 Å². The maximum atomic E-state index is 13.0. The zero-order valence-electron chi connectivity index (χ0n) is 18.2. The van der Waals surface area contributed by atoms with E-state index in [9.17, 15) is 13.2 Å². The summed E-state index contributed by atoms with van der Waals surface area (Å²) in [5, 5.41) is 6.20. The van der Waals surface area contributed by atoms with E-state index in [4.69, 9.17) is 16.3 Å². The molecule has 0 fully saturated rings. The van der Waals surface area contributed by atoms with Crippen LogP contribution in [-0.4, -0.2) is 31.4 Å². The van der Waals surface area contributed by atoms with Gasteiger partial charge in [0.25, 0.3) is 10.0 Å². The van der Waals surface area contributed by atoms with E-state index in [1.807, 2.05) is 0 Å². The summed E-state index contributed by atoms with van der Waals surface area (Å²) in [6.45, 7) is 1.41. The van der Waals surface area contributed by atoms with E-state index >= 15 is 0 Å². The first-order valence-electron chi connectivity index (χ1n) is 10.0. The van der Waals surface area contributed by atoms with E-state index in [-0.39, 0.29) is 22.4 Å². The number of carbonyl (C=O) groups excluding carboxylic acids is 1. The lowest BCUT2D eigenvalue weighted by Crippen LogP contribution is -2.16. The Morgan fingerprint density at radius 1 is 0.912 bits per heavy atom. The molecule has 0 aliphatic carbocycles. The van der Waals surface area contributed by atoms with Gasteiger partial charge in [-0.05, 0) is 54.6 Å². The van der Waals surface area contributed by atoms with Crippen LogP contribution in [-0.2, 0) is 14.8 Å². The number of nitrogens with zero attached hydrogens (tertiary/aromatic N) is 2. The summed E-state index contributed by atoms with van der Waals surface area (Å²) in [5.41, 5.74) is 2.09. The molecule has 0 spiro atoms. The van der Waals surface area contributed by atoms with Gasteiger partial charge in [-0.25, -0.2) is 18.4 Å². The number of methoxy groups -OCH3 is 1. The number of amides is 1. The van der Waals surface area contributed by atoms with Gasteiger partial charge < -0.3 is 15.4 Å². The van der Waals surface area contributed by atoms with Crippen LogP contribution >= 0.6 is 11.6 Å². The minimum absolute atomic E-state index is 0.00227. The van der Waals surface area contributed by atoms with Crippen molar-refractivity contribution in [1.29, 1.82) is 0 Å². The minimum Gasteiger partial charge on any atom is -0.497 e. The molecule has 34 heavy (non-hydrogen) atoms. The molecule has 3 aromatic carbocycles. The summed E-state index contributed by atoms with van der Waals surface area (Å²) in [4.78, 5) is 20.5. The number of carbonyl (C=O) groups is 1. The fraction of sp³-hybridized carbons (Fsp3) is 0.0870. The highest BCUT2D eigenvalue weighted by atomic mass is 35.5. The largest absolute Gasteiger partial charge is 0.497 e. The molecule has 11 heteroatoms. The highest BCUT2D eigenvalue weighted by molar-refractivity contribution is 7.92. The number of ether oxygens (including phenoxy) is 1. The predicted molar refractivity (Wildman–Crippen MR) is 132 cm³/mol. The van der Waals surface area contributed by atoms with Crippen LogP contribution in [0.15, 0.2) is 71.6 Å². The van der Waals surface area contributed by atoms with Crippen LogP contribution in [0.25, 0.3) is 11.0 Å². The van der Waals surface area contributed by atoms with Crippen LogP contribution in [0.1, 0.15) is 6.92 Å². The molecule has 1 amide bonds. The quantitative estimate of drug-likeness (QED) is 0.335. The third-order valence-corrected chi connectivity index (χ3v) is 6.28. The van der Waals surface area contributed by atoms with Crippen molar-refractivity contribution in [1.82, 2.24) is 9.97 Å². The third-order valence-electron chi connectivity index (χ3n) is 4.67. The van der Waals surface area contributed by atoms with Crippen molar-refractivity contribution in [3.05, 3.63) is 71.8 Å². The normalized spacial score (nSPS) is 11.1. The molecule has 0 saturated heterocycles. The zero-order chi connectivity index (χ0) is 24.3. The Hall–Kier alpha value is -3.89. The molecule has 9 nitrogen and oxygen atoms in total. The Morgan fingerprint density at radius 3 is 2.32 bits per heavy atom. The van der Waals surface area contributed by atoms with Gasteiger partial charge in [0.05, 0.1) is 23.0 Å². The SMILES string of the molecule is COc1ccc2nc(NS(=O)(=O)c3ccc(Cl)cc3)c(Nc3cccc(NC(C)=O)c3)nc2c1. The first-order chi connectivity index (χ1) is 16.2. The molecule has 0 aliphatic heterocycles. The molecule has 0 bridgehead atoms. The highest BCUT2D eigenvalue weighted by Crippen LogP contribution is 2.29. The lowest BCUT2D eigenvalue weighted by atomic mass is 10.2. The Labute approximate surface area is 201 Å².